The molecule has 1 fully saturated rings. The van der Waals surface area contributed by atoms with Crippen molar-refractivity contribution in [1.82, 2.24) is 9.47 Å². The Morgan fingerprint density at radius 2 is 2.10 bits per heavy atom. The van der Waals surface area contributed by atoms with Crippen LogP contribution in [0.1, 0.15) is 23.2 Å². The molecule has 1 aromatic carbocycles. The molecule has 0 aliphatic carbocycles. The summed E-state index contributed by atoms with van der Waals surface area (Å²) in [5.41, 5.74) is 5.06. The molecule has 104 valence electrons. The number of alkyl halides is 1. The molecule has 0 saturated carbocycles. The zero-order valence-corrected chi connectivity index (χ0v) is 12.2. The van der Waals surface area contributed by atoms with E-state index in [0.29, 0.717) is 5.88 Å². The molecule has 1 aromatic heterocycles. The molecule has 0 bridgehead atoms. The average Bonchev–Trinajstić information content (AvgIpc) is 3.00. The highest BCUT2D eigenvalue weighted by Crippen LogP contribution is 2.38. The molecule has 2 aliphatic heterocycles. The molecule has 4 rings (SSSR count). The Morgan fingerprint density at radius 3 is 2.95 bits per heavy atom. The lowest BCUT2D eigenvalue weighted by Crippen LogP contribution is -2.23. The lowest BCUT2D eigenvalue weighted by molar-refractivity contribution is 0.000263. The lowest BCUT2D eigenvalue weighted by atomic mass is 10.1. The highest BCUT2D eigenvalue weighted by Gasteiger charge is 2.37. The number of hydrogen-bond acceptors (Lipinski definition) is 2. The molecule has 2 aromatic rings. The lowest BCUT2D eigenvalue weighted by Gasteiger charge is -2.19. The minimum Gasteiger partial charge on any atom is -0.351 e. The standard InChI is InChI=1S/C16H17ClN2O/c1-11-6-7-15-16-18(10-13(8-17)20-16)9-12-4-2-3-5-14(12)19(11)15/h2-7,13,16H,8-10H2,1H3/t13-,16-/m0/s1. The van der Waals surface area contributed by atoms with E-state index in [4.69, 9.17) is 16.3 Å². The maximum Gasteiger partial charge on any atom is 0.153 e. The third-order valence-corrected chi connectivity index (χ3v) is 4.57. The summed E-state index contributed by atoms with van der Waals surface area (Å²) in [6.07, 6.45) is 0.135. The highest BCUT2D eigenvalue weighted by molar-refractivity contribution is 6.18. The Hall–Kier alpha value is -1.29. The average molecular weight is 289 g/mol. The second kappa shape index (κ2) is 4.62. The van der Waals surface area contributed by atoms with Crippen molar-refractivity contribution in [3.05, 3.63) is 53.3 Å². The normalized spacial score (nSPS) is 24.9. The fourth-order valence-electron chi connectivity index (χ4n) is 3.32. The van der Waals surface area contributed by atoms with Crippen LogP contribution in [0, 0.1) is 6.92 Å². The summed E-state index contributed by atoms with van der Waals surface area (Å²) >= 11 is 5.99. The number of ether oxygens (including phenoxy) is 1. The summed E-state index contributed by atoms with van der Waals surface area (Å²) < 4.78 is 8.45. The second-order valence-electron chi connectivity index (χ2n) is 5.56. The van der Waals surface area contributed by atoms with Crippen molar-refractivity contribution in [2.75, 3.05) is 12.4 Å². The molecule has 2 atom stereocenters. The third kappa shape index (κ3) is 1.74. The van der Waals surface area contributed by atoms with Gasteiger partial charge in [0.2, 0.25) is 0 Å². The van der Waals surface area contributed by atoms with Gasteiger partial charge in [0, 0.05) is 24.7 Å². The van der Waals surface area contributed by atoms with Crippen LogP contribution in [0.25, 0.3) is 5.69 Å². The van der Waals surface area contributed by atoms with Gasteiger partial charge >= 0.3 is 0 Å². The smallest absolute Gasteiger partial charge is 0.153 e. The fraction of sp³-hybridized carbons (Fsp3) is 0.375. The number of aryl methyl sites for hydroxylation is 1. The number of aromatic nitrogens is 1. The molecule has 4 heteroatoms. The van der Waals surface area contributed by atoms with Crippen LogP contribution in [0.15, 0.2) is 36.4 Å². The predicted octanol–water partition coefficient (Wildman–Crippen LogP) is 3.24. The Labute approximate surface area is 123 Å². The maximum absolute atomic E-state index is 6.14. The quantitative estimate of drug-likeness (QED) is 0.750. The monoisotopic (exact) mass is 288 g/mol. The second-order valence-corrected chi connectivity index (χ2v) is 5.87. The van der Waals surface area contributed by atoms with Gasteiger partial charge in [-0.1, -0.05) is 18.2 Å². The Balaban J connectivity index is 1.90. The van der Waals surface area contributed by atoms with E-state index in [1.807, 2.05) is 0 Å². The first kappa shape index (κ1) is 12.5. The van der Waals surface area contributed by atoms with Crippen LogP contribution in [-0.4, -0.2) is 28.0 Å². The van der Waals surface area contributed by atoms with Gasteiger partial charge in [0.1, 0.15) is 0 Å². The largest absolute Gasteiger partial charge is 0.351 e. The zero-order valence-electron chi connectivity index (χ0n) is 11.4. The molecule has 0 spiro atoms. The molecule has 0 unspecified atom stereocenters. The SMILES string of the molecule is Cc1ccc2n1-c1ccccc1CN1C[C@H](CCl)O[C@@H]21. The van der Waals surface area contributed by atoms with Crippen LogP contribution in [0.4, 0.5) is 0 Å². The highest BCUT2D eigenvalue weighted by atomic mass is 35.5. The van der Waals surface area contributed by atoms with Gasteiger partial charge in [0.05, 0.1) is 17.5 Å². The molecular weight excluding hydrogens is 272 g/mol. The molecule has 2 aliphatic rings. The zero-order chi connectivity index (χ0) is 13.7. The van der Waals surface area contributed by atoms with Crippen LogP contribution in [0.3, 0.4) is 0 Å². The topological polar surface area (TPSA) is 17.4 Å². The maximum atomic E-state index is 6.14. The van der Waals surface area contributed by atoms with E-state index in [1.165, 1.54) is 22.6 Å². The number of halogens is 1. The van der Waals surface area contributed by atoms with Crippen LogP contribution in [0.2, 0.25) is 0 Å². The van der Waals surface area contributed by atoms with Crippen molar-refractivity contribution < 1.29 is 4.74 Å². The van der Waals surface area contributed by atoms with Crippen molar-refractivity contribution >= 4 is 11.6 Å². The van der Waals surface area contributed by atoms with Crippen molar-refractivity contribution in [2.24, 2.45) is 0 Å². The third-order valence-electron chi connectivity index (χ3n) is 4.23. The van der Waals surface area contributed by atoms with Gasteiger partial charge in [0.15, 0.2) is 6.23 Å². The molecule has 3 heterocycles. The van der Waals surface area contributed by atoms with E-state index in [-0.39, 0.29) is 12.3 Å². The van der Waals surface area contributed by atoms with Crippen molar-refractivity contribution in [3.8, 4) is 5.69 Å². The first-order chi connectivity index (χ1) is 9.78. The summed E-state index contributed by atoms with van der Waals surface area (Å²) in [5.74, 6) is 0.550. The van der Waals surface area contributed by atoms with Crippen LogP contribution < -0.4 is 0 Å². The van der Waals surface area contributed by atoms with E-state index >= 15 is 0 Å². The number of benzene rings is 1. The minimum absolute atomic E-state index is 0.0137. The first-order valence-electron chi connectivity index (χ1n) is 7.00. The van der Waals surface area contributed by atoms with E-state index in [0.717, 1.165) is 13.1 Å². The van der Waals surface area contributed by atoms with Gasteiger partial charge in [-0.3, -0.25) is 4.90 Å². The van der Waals surface area contributed by atoms with Crippen LogP contribution in [-0.2, 0) is 11.3 Å². The summed E-state index contributed by atoms with van der Waals surface area (Å²) in [5, 5.41) is 0. The first-order valence-corrected chi connectivity index (χ1v) is 7.53. The predicted molar refractivity (Wildman–Crippen MR) is 79.3 cm³/mol. The molecule has 20 heavy (non-hydrogen) atoms. The summed E-state index contributed by atoms with van der Waals surface area (Å²) in [6.45, 7) is 3.95. The van der Waals surface area contributed by atoms with Crippen LogP contribution >= 0.6 is 11.6 Å². The van der Waals surface area contributed by atoms with Gasteiger partial charge in [-0.2, -0.15) is 0 Å². The van der Waals surface area contributed by atoms with Gasteiger partial charge < -0.3 is 9.30 Å². The Bertz CT molecular complexity index is 652. The van der Waals surface area contributed by atoms with Gasteiger partial charge in [-0.25, -0.2) is 0 Å². The van der Waals surface area contributed by atoms with Gasteiger partial charge in [0.25, 0.3) is 0 Å². The van der Waals surface area contributed by atoms with Gasteiger partial charge in [-0.15, -0.1) is 11.6 Å². The number of nitrogens with zero attached hydrogens (tertiary/aromatic N) is 2. The van der Waals surface area contributed by atoms with Crippen molar-refractivity contribution in [2.45, 2.75) is 25.8 Å². The summed E-state index contributed by atoms with van der Waals surface area (Å²) in [4.78, 5) is 2.38. The molecule has 0 radical (unpaired) electrons. The molecule has 3 nitrogen and oxygen atoms in total. The fourth-order valence-corrected chi connectivity index (χ4v) is 3.49. The van der Waals surface area contributed by atoms with E-state index in [1.54, 1.807) is 0 Å². The number of para-hydroxylation sites is 1. The summed E-state index contributed by atoms with van der Waals surface area (Å²) in [7, 11) is 0. The molecule has 0 amide bonds. The van der Waals surface area contributed by atoms with Gasteiger partial charge in [-0.05, 0) is 30.7 Å². The Kier molecular flexibility index (Phi) is 2.88. The van der Waals surface area contributed by atoms with E-state index in [2.05, 4.69) is 52.8 Å². The van der Waals surface area contributed by atoms with Crippen LogP contribution in [0.5, 0.6) is 0 Å². The number of hydrogen-bond donors (Lipinski definition) is 0. The Morgan fingerprint density at radius 1 is 1.25 bits per heavy atom. The van der Waals surface area contributed by atoms with Crippen molar-refractivity contribution in [1.29, 1.82) is 0 Å². The minimum atomic E-state index is 0.0137. The number of fused-ring (bicyclic) bond motifs is 5. The molecule has 0 N–H and O–H groups in total. The van der Waals surface area contributed by atoms with E-state index in [9.17, 15) is 0 Å². The van der Waals surface area contributed by atoms with Crippen molar-refractivity contribution in [3.63, 3.8) is 0 Å². The number of rotatable bonds is 1. The van der Waals surface area contributed by atoms with E-state index < -0.39 is 0 Å². The molecule has 1 saturated heterocycles. The molecular formula is C16H17ClN2O. The summed E-state index contributed by atoms with van der Waals surface area (Å²) in [6, 6.07) is 12.9.